The van der Waals surface area contributed by atoms with Gasteiger partial charge in [0, 0.05) is 37.8 Å². The number of nitrogens with zero attached hydrogens (tertiary/aromatic N) is 3. The number of rotatable bonds is 7. The highest BCUT2D eigenvalue weighted by molar-refractivity contribution is 5.97. The van der Waals surface area contributed by atoms with Crippen LogP contribution in [0.25, 0.3) is 0 Å². The number of carbonyl (C=O) groups excluding carboxylic acids is 2. The lowest BCUT2D eigenvalue weighted by Gasteiger charge is -2.21. The Hall–Kier alpha value is -2.64. The molecule has 1 aromatic rings. The number of nitrogens with one attached hydrogen (secondary N) is 1. The fourth-order valence-electron chi connectivity index (χ4n) is 2.96. The summed E-state index contributed by atoms with van der Waals surface area (Å²) in [6.45, 7) is 5.91. The lowest BCUT2D eigenvalue weighted by Crippen LogP contribution is -2.40. The molecule has 1 aromatic carbocycles. The first-order valence-corrected chi connectivity index (χ1v) is 8.57. The summed E-state index contributed by atoms with van der Waals surface area (Å²) >= 11 is 0. The average Bonchev–Trinajstić information content (AvgIpc) is 3.13. The largest absolute Gasteiger partial charge is 0.366 e. The van der Waals surface area contributed by atoms with Crippen molar-refractivity contribution in [2.75, 3.05) is 37.6 Å². The minimum absolute atomic E-state index is 0.0646. The topological polar surface area (TPSA) is 95.8 Å². The van der Waals surface area contributed by atoms with Crippen LogP contribution in [0.2, 0.25) is 0 Å². The number of nitro groups is 1. The third-order valence-electron chi connectivity index (χ3n) is 4.24. The normalized spacial score (nSPS) is 13.6. The molecule has 1 N–H and O–H groups in total. The van der Waals surface area contributed by atoms with E-state index in [1.54, 1.807) is 26.0 Å². The summed E-state index contributed by atoms with van der Waals surface area (Å²) in [5, 5.41) is 14.1. The van der Waals surface area contributed by atoms with E-state index in [0.717, 1.165) is 25.9 Å². The standard InChI is InChI=1S/C17H24N4O4/c1-3-18-16(22)12-19(4-2)17(23)13-7-8-14(15(11-13)21(24)25)20-9-5-6-10-20/h7-8,11H,3-6,9-10,12H2,1-2H3,(H,18,22). The SMILES string of the molecule is CCNC(=O)CN(CC)C(=O)c1ccc(N2CCCC2)c([N+](=O)[O-])c1. The van der Waals surface area contributed by atoms with Crippen molar-refractivity contribution in [1.82, 2.24) is 10.2 Å². The van der Waals surface area contributed by atoms with Crippen LogP contribution in [0, 0.1) is 10.1 Å². The number of likely N-dealkylation sites (N-methyl/N-ethyl adjacent to an activating group) is 2. The van der Waals surface area contributed by atoms with Gasteiger partial charge in [0.05, 0.1) is 11.5 Å². The van der Waals surface area contributed by atoms with Gasteiger partial charge < -0.3 is 15.1 Å². The fourth-order valence-corrected chi connectivity index (χ4v) is 2.96. The van der Waals surface area contributed by atoms with E-state index in [2.05, 4.69) is 5.32 Å². The van der Waals surface area contributed by atoms with Crippen molar-refractivity contribution < 1.29 is 14.5 Å². The lowest BCUT2D eigenvalue weighted by atomic mass is 10.1. The van der Waals surface area contributed by atoms with Gasteiger partial charge in [0.2, 0.25) is 5.91 Å². The molecule has 0 bridgehead atoms. The summed E-state index contributed by atoms with van der Waals surface area (Å²) in [5.74, 6) is -0.634. The molecule has 1 fully saturated rings. The van der Waals surface area contributed by atoms with Crippen molar-refractivity contribution in [3.05, 3.63) is 33.9 Å². The summed E-state index contributed by atoms with van der Waals surface area (Å²) in [5.41, 5.74) is 0.702. The minimum Gasteiger partial charge on any atom is -0.366 e. The first kappa shape index (κ1) is 18.7. The van der Waals surface area contributed by atoms with Gasteiger partial charge in [-0.05, 0) is 38.8 Å². The predicted octanol–water partition coefficient (Wildman–Crippen LogP) is 1.79. The Morgan fingerprint density at radius 3 is 2.52 bits per heavy atom. The highest BCUT2D eigenvalue weighted by atomic mass is 16.6. The van der Waals surface area contributed by atoms with Crippen LogP contribution in [0.3, 0.4) is 0 Å². The van der Waals surface area contributed by atoms with Crippen molar-refractivity contribution in [3.63, 3.8) is 0 Å². The Kier molecular flexibility index (Phi) is 6.32. The third kappa shape index (κ3) is 4.46. The third-order valence-corrected chi connectivity index (χ3v) is 4.24. The van der Waals surface area contributed by atoms with Crippen LogP contribution >= 0.6 is 0 Å². The number of carbonyl (C=O) groups is 2. The zero-order valence-electron chi connectivity index (χ0n) is 14.7. The second-order valence-electron chi connectivity index (χ2n) is 5.93. The molecular formula is C17H24N4O4. The van der Waals surface area contributed by atoms with Crippen molar-refractivity contribution in [2.45, 2.75) is 26.7 Å². The van der Waals surface area contributed by atoms with E-state index >= 15 is 0 Å². The maximum absolute atomic E-state index is 12.6. The monoisotopic (exact) mass is 348 g/mol. The van der Waals surface area contributed by atoms with E-state index in [4.69, 9.17) is 0 Å². The van der Waals surface area contributed by atoms with E-state index in [9.17, 15) is 19.7 Å². The van der Waals surface area contributed by atoms with E-state index in [0.29, 0.717) is 18.8 Å². The zero-order chi connectivity index (χ0) is 18.4. The minimum atomic E-state index is -0.454. The van der Waals surface area contributed by atoms with Crippen molar-refractivity contribution >= 4 is 23.2 Å². The second kappa shape index (κ2) is 8.46. The smallest absolute Gasteiger partial charge is 0.293 e. The Morgan fingerprint density at radius 1 is 1.28 bits per heavy atom. The first-order valence-electron chi connectivity index (χ1n) is 8.57. The molecule has 0 atom stereocenters. The number of amides is 2. The maximum Gasteiger partial charge on any atom is 0.293 e. The second-order valence-corrected chi connectivity index (χ2v) is 5.93. The molecule has 0 unspecified atom stereocenters. The molecular weight excluding hydrogens is 324 g/mol. The molecule has 1 heterocycles. The van der Waals surface area contributed by atoms with E-state index < -0.39 is 4.92 Å². The molecule has 8 nitrogen and oxygen atoms in total. The van der Waals surface area contributed by atoms with Crippen LogP contribution in [-0.2, 0) is 4.79 Å². The van der Waals surface area contributed by atoms with Crippen LogP contribution in [0.4, 0.5) is 11.4 Å². The Bertz CT molecular complexity index is 656. The quantitative estimate of drug-likeness (QED) is 0.599. The molecule has 25 heavy (non-hydrogen) atoms. The molecule has 0 aliphatic carbocycles. The molecule has 0 aromatic heterocycles. The average molecular weight is 348 g/mol. The van der Waals surface area contributed by atoms with E-state index in [1.807, 2.05) is 4.90 Å². The molecule has 0 saturated carbocycles. The summed E-state index contributed by atoms with van der Waals surface area (Å²) in [6.07, 6.45) is 2.02. The molecule has 1 aliphatic heterocycles. The van der Waals surface area contributed by atoms with Crippen LogP contribution in [0.1, 0.15) is 37.0 Å². The van der Waals surface area contributed by atoms with Gasteiger partial charge >= 0.3 is 0 Å². The number of benzene rings is 1. The fraction of sp³-hybridized carbons (Fsp3) is 0.529. The molecule has 0 spiro atoms. The van der Waals surface area contributed by atoms with Gasteiger partial charge in [-0.25, -0.2) is 0 Å². The van der Waals surface area contributed by atoms with Crippen LogP contribution in [0.5, 0.6) is 0 Å². The van der Waals surface area contributed by atoms with Crippen LogP contribution in [0.15, 0.2) is 18.2 Å². The highest BCUT2D eigenvalue weighted by Gasteiger charge is 2.25. The van der Waals surface area contributed by atoms with Crippen molar-refractivity contribution in [1.29, 1.82) is 0 Å². The van der Waals surface area contributed by atoms with Gasteiger partial charge in [0.1, 0.15) is 5.69 Å². The number of hydrogen-bond acceptors (Lipinski definition) is 5. The van der Waals surface area contributed by atoms with E-state index in [1.165, 1.54) is 11.0 Å². The highest BCUT2D eigenvalue weighted by Crippen LogP contribution is 2.32. The number of anilines is 1. The van der Waals surface area contributed by atoms with Gasteiger partial charge in [-0.15, -0.1) is 0 Å². The van der Waals surface area contributed by atoms with Gasteiger partial charge in [0.25, 0.3) is 11.6 Å². The van der Waals surface area contributed by atoms with Crippen LogP contribution < -0.4 is 10.2 Å². The zero-order valence-corrected chi connectivity index (χ0v) is 14.7. The maximum atomic E-state index is 12.6. The van der Waals surface area contributed by atoms with Gasteiger partial charge in [-0.1, -0.05) is 0 Å². The molecule has 1 saturated heterocycles. The number of hydrogen-bond donors (Lipinski definition) is 1. The van der Waals surface area contributed by atoms with Gasteiger partial charge in [-0.3, -0.25) is 19.7 Å². The summed E-state index contributed by atoms with van der Waals surface area (Å²) in [7, 11) is 0. The molecule has 0 radical (unpaired) electrons. The Labute approximate surface area is 146 Å². The van der Waals surface area contributed by atoms with Crippen molar-refractivity contribution in [3.8, 4) is 0 Å². The van der Waals surface area contributed by atoms with Gasteiger partial charge in [0.15, 0.2) is 0 Å². The molecule has 2 amide bonds. The molecule has 136 valence electrons. The Morgan fingerprint density at radius 2 is 1.96 bits per heavy atom. The van der Waals surface area contributed by atoms with Gasteiger partial charge in [-0.2, -0.15) is 0 Å². The van der Waals surface area contributed by atoms with E-state index in [-0.39, 0.29) is 29.6 Å². The molecule has 1 aliphatic rings. The molecule has 2 rings (SSSR count). The van der Waals surface area contributed by atoms with Crippen LogP contribution in [-0.4, -0.2) is 54.4 Å². The summed E-state index contributed by atoms with van der Waals surface area (Å²) < 4.78 is 0. The molecule has 8 heteroatoms. The lowest BCUT2D eigenvalue weighted by molar-refractivity contribution is -0.384. The summed E-state index contributed by atoms with van der Waals surface area (Å²) in [4.78, 5) is 38.7. The number of nitro benzene ring substituents is 1. The first-order chi connectivity index (χ1) is 12.0. The predicted molar refractivity (Wildman–Crippen MR) is 94.8 cm³/mol. The van der Waals surface area contributed by atoms with Crippen molar-refractivity contribution in [2.24, 2.45) is 0 Å². The summed E-state index contributed by atoms with van der Waals surface area (Å²) in [6, 6.07) is 4.55. The Balaban J connectivity index is 2.25.